The van der Waals surface area contributed by atoms with Crippen LogP contribution in [0, 0.1) is 0 Å². The van der Waals surface area contributed by atoms with Crippen molar-refractivity contribution >= 4 is 12.2 Å². The molecule has 3 N–H and O–H groups in total. The summed E-state index contributed by atoms with van der Waals surface area (Å²) < 4.78 is 15.5. The van der Waals surface area contributed by atoms with Gasteiger partial charge in [0.2, 0.25) is 0 Å². The summed E-state index contributed by atoms with van der Waals surface area (Å²) in [5, 5.41) is 3.66. The van der Waals surface area contributed by atoms with Crippen LogP contribution in [0.1, 0.15) is 5.56 Å². The molecule has 7 nitrogen and oxygen atoms in total. The van der Waals surface area contributed by atoms with Crippen LogP contribution < -0.4 is 25.4 Å². The first kappa shape index (κ1) is 13.6. The molecule has 98 valence electrons. The monoisotopic (exact) mass is 253 g/mol. The molecule has 0 atom stereocenters. The van der Waals surface area contributed by atoms with Crippen molar-refractivity contribution in [3.63, 3.8) is 0 Å². The van der Waals surface area contributed by atoms with Crippen LogP contribution in [0.15, 0.2) is 17.2 Å². The van der Waals surface area contributed by atoms with Gasteiger partial charge in [0.15, 0.2) is 0 Å². The van der Waals surface area contributed by atoms with Crippen molar-refractivity contribution in [1.82, 2.24) is 5.43 Å². The van der Waals surface area contributed by atoms with Gasteiger partial charge in [-0.25, -0.2) is 10.2 Å². The number of carbonyl (C=O) groups excluding carboxylic acids is 1. The van der Waals surface area contributed by atoms with Gasteiger partial charge in [-0.15, -0.1) is 0 Å². The third-order valence-corrected chi connectivity index (χ3v) is 2.12. The Labute approximate surface area is 105 Å². The fourth-order valence-electron chi connectivity index (χ4n) is 1.32. The number of hydrogen-bond donors (Lipinski definition) is 2. The van der Waals surface area contributed by atoms with Gasteiger partial charge in [-0.2, -0.15) is 5.10 Å². The maximum absolute atomic E-state index is 10.5. The number of benzene rings is 1. The summed E-state index contributed by atoms with van der Waals surface area (Å²) >= 11 is 0. The minimum atomic E-state index is -0.752. The SMILES string of the molecule is COc1cc(OC)c(/C=N/NC(N)=O)c(OC)c1. The molecule has 0 saturated carbocycles. The predicted molar refractivity (Wildman–Crippen MR) is 66.4 cm³/mol. The summed E-state index contributed by atoms with van der Waals surface area (Å²) in [5.41, 5.74) is 7.55. The lowest BCUT2D eigenvalue weighted by molar-refractivity contribution is 0.249. The van der Waals surface area contributed by atoms with Gasteiger partial charge in [0.25, 0.3) is 0 Å². The lowest BCUT2D eigenvalue weighted by atomic mass is 10.2. The van der Waals surface area contributed by atoms with E-state index in [1.807, 2.05) is 0 Å². The molecule has 0 aromatic heterocycles. The van der Waals surface area contributed by atoms with Crippen LogP contribution in [0.5, 0.6) is 17.2 Å². The first-order chi connectivity index (χ1) is 8.62. The first-order valence-electron chi connectivity index (χ1n) is 5.01. The van der Waals surface area contributed by atoms with Crippen LogP contribution in [0.25, 0.3) is 0 Å². The number of ether oxygens (including phenoxy) is 3. The van der Waals surface area contributed by atoms with Crippen molar-refractivity contribution in [3.8, 4) is 17.2 Å². The standard InChI is InChI=1S/C11H15N3O4/c1-16-7-4-9(17-2)8(10(5-7)18-3)6-13-14-11(12)15/h4-6H,1-3H3,(H3,12,14,15)/b13-6+. The van der Waals surface area contributed by atoms with Gasteiger partial charge in [0, 0.05) is 12.1 Å². The normalized spacial score (nSPS) is 10.2. The second-order valence-corrected chi connectivity index (χ2v) is 3.18. The number of hydrogen-bond acceptors (Lipinski definition) is 5. The van der Waals surface area contributed by atoms with Gasteiger partial charge in [-0.05, 0) is 0 Å². The molecule has 18 heavy (non-hydrogen) atoms. The third kappa shape index (κ3) is 3.27. The Kier molecular flexibility index (Phi) is 4.79. The Balaban J connectivity index is 3.14. The average Bonchev–Trinajstić information content (AvgIpc) is 2.37. The lowest BCUT2D eigenvalue weighted by Gasteiger charge is -2.11. The number of urea groups is 1. The molecule has 0 spiro atoms. The summed E-state index contributed by atoms with van der Waals surface area (Å²) in [5.74, 6) is 1.59. The zero-order chi connectivity index (χ0) is 13.5. The molecule has 1 aromatic carbocycles. The highest BCUT2D eigenvalue weighted by molar-refractivity contribution is 5.88. The van der Waals surface area contributed by atoms with E-state index in [2.05, 4.69) is 10.5 Å². The Bertz CT molecular complexity index is 435. The fraction of sp³-hybridized carbons (Fsp3) is 0.273. The van der Waals surface area contributed by atoms with Crippen molar-refractivity contribution < 1.29 is 19.0 Å². The molecule has 0 saturated heterocycles. The summed E-state index contributed by atoms with van der Waals surface area (Å²) in [7, 11) is 4.55. The number of nitrogens with one attached hydrogen (secondary N) is 1. The van der Waals surface area contributed by atoms with E-state index in [4.69, 9.17) is 19.9 Å². The van der Waals surface area contributed by atoms with Crippen LogP contribution in [0.3, 0.4) is 0 Å². The second-order valence-electron chi connectivity index (χ2n) is 3.18. The number of rotatable bonds is 5. The lowest BCUT2D eigenvalue weighted by Crippen LogP contribution is -2.24. The third-order valence-electron chi connectivity index (χ3n) is 2.12. The molecule has 7 heteroatoms. The minimum absolute atomic E-state index is 0.501. The van der Waals surface area contributed by atoms with Gasteiger partial charge in [0.1, 0.15) is 17.2 Å². The summed E-state index contributed by atoms with van der Waals surface area (Å²) in [6.07, 6.45) is 1.38. The number of nitrogens with two attached hydrogens (primary N) is 1. The van der Waals surface area contributed by atoms with Gasteiger partial charge in [-0.1, -0.05) is 0 Å². The molecule has 2 amide bonds. The van der Waals surface area contributed by atoms with Crippen molar-refractivity contribution in [2.45, 2.75) is 0 Å². The van der Waals surface area contributed by atoms with E-state index in [1.165, 1.54) is 27.5 Å². The highest BCUT2D eigenvalue weighted by atomic mass is 16.5. The zero-order valence-corrected chi connectivity index (χ0v) is 10.4. The number of primary amides is 1. The van der Waals surface area contributed by atoms with Crippen molar-refractivity contribution in [3.05, 3.63) is 17.7 Å². The van der Waals surface area contributed by atoms with Crippen LogP contribution >= 0.6 is 0 Å². The molecule has 0 unspecified atom stereocenters. The summed E-state index contributed by atoms with van der Waals surface area (Å²) in [6, 6.07) is 2.60. The van der Waals surface area contributed by atoms with E-state index in [0.29, 0.717) is 22.8 Å². The van der Waals surface area contributed by atoms with Crippen LogP contribution in [-0.2, 0) is 0 Å². The molecule has 0 radical (unpaired) electrons. The largest absolute Gasteiger partial charge is 0.496 e. The number of methoxy groups -OCH3 is 3. The van der Waals surface area contributed by atoms with Gasteiger partial charge >= 0.3 is 6.03 Å². The quantitative estimate of drug-likeness (QED) is 0.597. The van der Waals surface area contributed by atoms with Crippen LogP contribution in [-0.4, -0.2) is 33.6 Å². The number of carbonyl (C=O) groups is 1. The predicted octanol–water partition coefficient (Wildman–Crippen LogP) is 0.715. The average molecular weight is 253 g/mol. The van der Waals surface area contributed by atoms with Gasteiger partial charge in [-0.3, -0.25) is 0 Å². The van der Waals surface area contributed by atoms with E-state index >= 15 is 0 Å². The van der Waals surface area contributed by atoms with E-state index < -0.39 is 6.03 Å². The number of hydrazone groups is 1. The first-order valence-corrected chi connectivity index (χ1v) is 5.01. The van der Waals surface area contributed by atoms with Crippen LogP contribution in [0.4, 0.5) is 4.79 Å². The van der Waals surface area contributed by atoms with E-state index in [0.717, 1.165) is 0 Å². The van der Waals surface area contributed by atoms with E-state index in [-0.39, 0.29) is 0 Å². The Morgan fingerprint density at radius 3 is 2.17 bits per heavy atom. The Hall–Kier alpha value is -2.44. The minimum Gasteiger partial charge on any atom is -0.496 e. The van der Waals surface area contributed by atoms with Crippen molar-refractivity contribution in [2.24, 2.45) is 10.8 Å². The topological polar surface area (TPSA) is 95.2 Å². The maximum Gasteiger partial charge on any atom is 0.332 e. The fourth-order valence-corrected chi connectivity index (χ4v) is 1.32. The molecule has 0 bridgehead atoms. The Morgan fingerprint density at radius 1 is 1.22 bits per heavy atom. The number of amides is 2. The van der Waals surface area contributed by atoms with Gasteiger partial charge < -0.3 is 19.9 Å². The summed E-state index contributed by atoms with van der Waals surface area (Å²) in [4.78, 5) is 10.5. The molecular formula is C11H15N3O4. The van der Waals surface area contributed by atoms with Crippen molar-refractivity contribution in [1.29, 1.82) is 0 Å². The number of nitrogens with zero attached hydrogens (tertiary/aromatic N) is 1. The zero-order valence-electron chi connectivity index (χ0n) is 10.4. The van der Waals surface area contributed by atoms with E-state index in [9.17, 15) is 4.79 Å². The van der Waals surface area contributed by atoms with Crippen LogP contribution in [0.2, 0.25) is 0 Å². The molecular weight excluding hydrogens is 238 g/mol. The second kappa shape index (κ2) is 6.33. The van der Waals surface area contributed by atoms with Gasteiger partial charge in [0.05, 0.1) is 33.1 Å². The molecule has 0 aliphatic heterocycles. The summed E-state index contributed by atoms with van der Waals surface area (Å²) in [6.45, 7) is 0. The highest BCUT2D eigenvalue weighted by Gasteiger charge is 2.11. The molecule has 0 aliphatic carbocycles. The maximum atomic E-state index is 10.5. The Morgan fingerprint density at radius 2 is 1.78 bits per heavy atom. The molecule has 0 fully saturated rings. The van der Waals surface area contributed by atoms with Crippen molar-refractivity contribution in [2.75, 3.05) is 21.3 Å². The van der Waals surface area contributed by atoms with E-state index in [1.54, 1.807) is 12.1 Å². The molecule has 0 aliphatic rings. The highest BCUT2D eigenvalue weighted by Crippen LogP contribution is 2.32. The molecule has 0 heterocycles. The molecule has 1 rings (SSSR count). The molecule has 1 aromatic rings. The smallest absolute Gasteiger partial charge is 0.332 e.